The van der Waals surface area contributed by atoms with Gasteiger partial charge in [0, 0.05) is 60.8 Å². The second-order valence-corrected chi connectivity index (χ2v) is 16.6. The maximum Gasteiger partial charge on any atom is 0.373 e. The molecule has 0 radical (unpaired) electrons. The minimum Gasteiger partial charge on any atom is -0.504 e. The van der Waals surface area contributed by atoms with E-state index in [1.165, 1.54) is 17.6 Å². The summed E-state index contributed by atoms with van der Waals surface area (Å²) in [4.78, 5) is 48.4. The number of fused-ring (bicyclic) bond motifs is 6. The summed E-state index contributed by atoms with van der Waals surface area (Å²) in [6, 6.07) is 12.9. The molecule has 0 aliphatic carbocycles. The Bertz CT molecular complexity index is 1850. The van der Waals surface area contributed by atoms with E-state index >= 15 is 0 Å². The van der Waals surface area contributed by atoms with E-state index in [1.807, 2.05) is 25.3 Å². The van der Waals surface area contributed by atoms with Crippen molar-refractivity contribution < 1.29 is 23.9 Å². The monoisotopic (exact) mass is 736 g/mol. The molecule has 2 N–H and O–H groups in total. The van der Waals surface area contributed by atoms with Crippen molar-refractivity contribution in [3.05, 3.63) is 82.1 Å². The Balaban J connectivity index is 0.000000172. The number of aryl methyl sites for hydroxylation is 2. The number of carbonyl (C=O) groups is 2. The highest BCUT2D eigenvalue weighted by Crippen LogP contribution is 2.51. The number of benzene rings is 2. The summed E-state index contributed by atoms with van der Waals surface area (Å²) in [5, 5.41) is 7.38. The quantitative estimate of drug-likeness (QED) is 0.234. The first-order valence-corrected chi connectivity index (χ1v) is 20.1. The molecule has 2 aromatic carbocycles. The number of methoxy groups -OCH3 is 1. The maximum absolute atomic E-state index is 13.5. The normalized spacial score (nSPS) is 32.7. The van der Waals surface area contributed by atoms with Crippen LogP contribution in [0.3, 0.4) is 0 Å². The van der Waals surface area contributed by atoms with Crippen molar-refractivity contribution in [2.75, 3.05) is 43.9 Å². The van der Waals surface area contributed by atoms with Gasteiger partial charge in [-0.05, 0) is 113 Å². The van der Waals surface area contributed by atoms with E-state index in [0.29, 0.717) is 41.3 Å². The molecule has 8 atom stereocenters. The minimum atomic E-state index is -0.446. The first-order chi connectivity index (χ1) is 25.9. The Morgan fingerprint density at radius 2 is 1.22 bits per heavy atom. The number of allylic oxidation sites excluding steroid dienone is 3. The lowest BCUT2D eigenvalue weighted by Gasteiger charge is -2.45. The predicted molar refractivity (Wildman–Crippen MR) is 213 cm³/mol. The van der Waals surface area contributed by atoms with Gasteiger partial charge in [-0.2, -0.15) is 9.59 Å². The molecule has 0 aromatic heterocycles. The Hall–Kier alpha value is -4.04. The molecule has 0 unspecified atom stereocenters. The molecule has 2 aromatic rings. The molecule has 6 aliphatic heterocycles. The molecule has 4 saturated heterocycles. The molecule has 0 saturated carbocycles. The van der Waals surface area contributed by atoms with Crippen molar-refractivity contribution in [3.63, 3.8) is 0 Å². The Labute approximate surface area is 322 Å². The summed E-state index contributed by atoms with van der Waals surface area (Å²) in [7, 11) is 1.72. The number of rotatable bonds is 5. The molecule has 4 fully saturated rings. The van der Waals surface area contributed by atoms with Gasteiger partial charge in [-0.25, -0.2) is 0 Å². The molecule has 2 spiro atoms. The lowest BCUT2D eigenvalue weighted by molar-refractivity contribution is -0.191. The molecule has 0 amide bonds. The highest BCUT2D eigenvalue weighted by Gasteiger charge is 2.60. The fourth-order valence-electron chi connectivity index (χ4n) is 11.2. The van der Waals surface area contributed by atoms with Gasteiger partial charge in [0.1, 0.15) is 11.1 Å². The second kappa shape index (κ2) is 16.0. The summed E-state index contributed by atoms with van der Waals surface area (Å²) in [6.07, 6.45) is 10.8. The third-order valence-electron chi connectivity index (χ3n) is 14.1. The third kappa shape index (κ3) is 6.56. The van der Waals surface area contributed by atoms with E-state index in [-0.39, 0.29) is 12.2 Å². The summed E-state index contributed by atoms with van der Waals surface area (Å²) < 4.78 is 5.31. The zero-order valence-electron chi connectivity index (χ0n) is 33.6. The molecule has 290 valence electrons. The molecule has 0 bridgehead atoms. The Morgan fingerprint density at radius 1 is 0.796 bits per heavy atom. The summed E-state index contributed by atoms with van der Waals surface area (Å²) >= 11 is 0. The van der Waals surface area contributed by atoms with Gasteiger partial charge in [0.2, 0.25) is 0 Å². The van der Waals surface area contributed by atoms with Gasteiger partial charge in [0.05, 0.1) is 13.4 Å². The lowest BCUT2D eigenvalue weighted by Crippen LogP contribution is -2.57. The summed E-state index contributed by atoms with van der Waals surface area (Å²) in [5.74, 6) is 3.07. The highest BCUT2D eigenvalue weighted by atomic mass is 16.5. The van der Waals surface area contributed by atoms with E-state index in [1.54, 1.807) is 7.11 Å². The zero-order valence-corrected chi connectivity index (χ0v) is 33.6. The fraction of sp³-hybridized carbons (Fsp3) is 0.578. The van der Waals surface area contributed by atoms with Gasteiger partial charge in [-0.3, -0.25) is 19.4 Å². The average molecular weight is 737 g/mol. The van der Waals surface area contributed by atoms with Crippen molar-refractivity contribution in [1.82, 2.24) is 9.80 Å². The largest absolute Gasteiger partial charge is 0.504 e. The van der Waals surface area contributed by atoms with Gasteiger partial charge in [0.15, 0.2) is 11.6 Å². The van der Waals surface area contributed by atoms with Crippen LogP contribution < -0.4 is 10.6 Å². The number of hydrogen-bond acceptors (Lipinski definition) is 9. The highest BCUT2D eigenvalue weighted by molar-refractivity contribution is 6.16. The maximum atomic E-state index is 13.5. The van der Waals surface area contributed by atoms with E-state index in [4.69, 9.17) is 14.3 Å². The summed E-state index contributed by atoms with van der Waals surface area (Å²) in [5.41, 5.74) is 8.05. The second-order valence-electron chi connectivity index (χ2n) is 16.6. The molecule has 9 heteroatoms. The molecule has 9 nitrogen and oxygen atoms in total. The number of Topliss-reactive ketones (excluding diaryl/α,β-unsaturated/α-hetero) is 2. The minimum absolute atomic E-state index is 0.250. The standard InChI is InChI=1S/C22H30N2O2.C22H30N2O.CO2/c1-5-16-12-24-10-9-22(19(24)11-17(16)15(3)13-26-4)21(25)20-14(2)7-6-8-18(20)23-22;1-5-14(3)17-12-19-22(10-11-24(19)13-16(17)6-2)21(25)20-15(4)8-7-9-18(20)23-22;2-1-3/h6-8,13,16-17,19,23H,5,9-12H2,1-4H3;5,7-9,16-17,19,23H,6,10-13H2,1-4H3;/b15-13-;14-5-;/t2*16-,17-,19+,22+;/m11./s1. The van der Waals surface area contributed by atoms with Crippen molar-refractivity contribution in [1.29, 1.82) is 0 Å². The van der Waals surface area contributed by atoms with Crippen LogP contribution in [0.15, 0.2) is 59.9 Å². The number of nitrogens with one attached hydrogen (secondary N) is 2. The predicted octanol–water partition coefficient (Wildman–Crippen LogP) is 7.86. The van der Waals surface area contributed by atoms with Gasteiger partial charge >= 0.3 is 6.15 Å². The molecule has 6 heterocycles. The van der Waals surface area contributed by atoms with Crippen LogP contribution in [-0.2, 0) is 14.3 Å². The van der Waals surface area contributed by atoms with Crippen LogP contribution in [0.25, 0.3) is 0 Å². The lowest BCUT2D eigenvalue weighted by atomic mass is 9.72. The topological polar surface area (TPSA) is 108 Å². The van der Waals surface area contributed by atoms with Gasteiger partial charge in [0.25, 0.3) is 0 Å². The molecule has 8 rings (SSSR count). The number of piperidine rings is 2. The molecule has 54 heavy (non-hydrogen) atoms. The number of anilines is 2. The average Bonchev–Trinajstić information content (AvgIpc) is 3.89. The van der Waals surface area contributed by atoms with Crippen LogP contribution >= 0.6 is 0 Å². The number of hydrogen-bond donors (Lipinski definition) is 2. The molecule has 6 aliphatic rings. The van der Waals surface area contributed by atoms with Crippen LogP contribution in [0.4, 0.5) is 11.4 Å². The number of nitrogens with zero attached hydrogens (tertiary/aromatic N) is 2. The van der Waals surface area contributed by atoms with Gasteiger partial charge in [-0.1, -0.05) is 62.6 Å². The first-order valence-electron chi connectivity index (χ1n) is 20.1. The smallest absolute Gasteiger partial charge is 0.373 e. The van der Waals surface area contributed by atoms with Crippen LogP contribution in [0.1, 0.15) is 105 Å². The number of ketones is 2. The zero-order chi connectivity index (χ0) is 38.9. The third-order valence-corrected chi connectivity index (χ3v) is 14.1. The van der Waals surface area contributed by atoms with E-state index in [2.05, 4.69) is 92.3 Å². The number of ether oxygens (including phenoxy) is 1. The Kier molecular flexibility index (Phi) is 11.7. The van der Waals surface area contributed by atoms with Crippen molar-refractivity contribution in [2.45, 2.75) is 110 Å². The van der Waals surface area contributed by atoms with Crippen LogP contribution in [-0.4, -0.2) is 84.0 Å². The van der Waals surface area contributed by atoms with Crippen LogP contribution in [0, 0.1) is 37.5 Å². The van der Waals surface area contributed by atoms with Crippen LogP contribution in [0.2, 0.25) is 0 Å². The van der Waals surface area contributed by atoms with E-state index < -0.39 is 11.1 Å². The molecular weight excluding hydrogens is 677 g/mol. The van der Waals surface area contributed by atoms with Crippen molar-refractivity contribution in [2.24, 2.45) is 23.7 Å². The van der Waals surface area contributed by atoms with E-state index in [9.17, 15) is 9.59 Å². The molecular formula is C45H60N4O5. The van der Waals surface area contributed by atoms with Gasteiger partial charge < -0.3 is 15.4 Å². The van der Waals surface area contributed by atoms with E-state index in [0.717, 1.165) is 91.9 Å². The van der Waals surface area contributed by atoms with Gasteiger partial charge in [-0.15, -0.1) is 0 Å². The first kappa shape index (κ1) is 39.6. The van der Waals surface area contributed by atoms with Crippen LogP contribution in [0.5, 0.6) is 0 Å². The van der Waals surface area contributed by atoms with Crippen molar-refractivity contribution >= 4 is 29.1 Å². The van der Waals surface area contributed by atoms with Crippen molar-refractivity contribution in [3.8, 4) is 0 Å². The summed E-state index contributed by atoms with van der Waals surface area (Å²) in [6.45, 7) is 19.5. The Morgan fingerprint density at radius 3 is 1.59 bits per heavy atom. The fourth-order valence-corrected chi connectivity index (χ4v) is 11.2. The number of carbonyl (C=O) groups excluding carboxylic acids is 4. The SMILES string of the molecule is C/C=C(/C)[C@H]1C[C@@H]2N(CC[C@]23Nc2cccc(C)c2C3=O)C[C@H]1CC.CC[C@@H]1CN2CC[C@]3(Nc4cccc(C)c4C3=O)[C@@H]2C[C@@H]1/C(C)=C\OC.O=C=O.